The van der Waals surface area contributed by atoms with Crippen molar-refractivity contribution in [3.05, 3.63) is 0 Å². The molecule has 1 heterocycles. The van der Waals surface area contributed by atoms with Crippen LogP contribution in [0, 0.1) is 5.92 Å². The zero-order chi connectivity index (χ0) is 10.8. The molecule has 1 N–H and O–H groups in total. The van der Waals surface area contributed by atoms with E-state index in [1.807, 2.05) is 0 Å². The van der Waals surface area contributed by atoms with E-state index in [-0.39, 0.29) is 6.10 Å². The molecule has 15 heavy (non-hydrogen) atoms. The number of likely N-dealkylation sites (tertiary alicyclic amines) is 1. The van der Waals surface area contributed by atoms with Crippen molar-refractivity contribution in [1.82, 2.24) is 4.90 Å². The van der Waals surface area contributed by atoms with Crippen molar-refractivity contribution < 1.29 is 5.11 Å². The Labute approximate surface area is 93.7 Å². The molecule has 2 fully saturated rings. The summed E-state index contributed by atoms with van der Waals surface area (Å²) in [4.78, 5) is 2.58. The first-order valence-corrected chi connectivity index (χ1v) is 6.66. The fourth-order valence-corrected chi connectivity index (χ4v) is 3.49. The van der Waals surface area contributed by atoms with Crippen LogP contribution in [0.1, 0.15) is 52.4 Å². The van der Waals surface area contributed by atoms with Gasteiger partial charge in [-0.3, -0.25) is 4.90 Å². The minimum Gasteiger partial charge on any atom is -0.392 e. The van der Waals surface area contributed by atoms with Gasteiger partial charge in [0.1, 0.15) is 0 Å². The third-order valence-electron chi connectivity index (χ3n) is 4.40. The Morgan fingerprint density at radius 1 is 1.33 bits per heavy atom. The highest BCUT2D eigenvalue weighted by atomic mass is 16.3. The summed E-state index contributed by atoms with van der Waals surface area (Å²) >= 11 is 0. The zero-order valence-corrected chi connectivity index (χ0v) is 10.2. The van der Waals surface area contributed by atoms with E-state index >= 15 is 0 Å². The van der Waals surface area contributed by atoms with Crippen molar-refractivity contribution >= 4 is 0 Å². The van der Waals surface area contributed by atoms with E-state index in [2.05, 4.69) is 18.7 Å². The third kappa shape index (κ3) is 2.36. The Hall–Kier alpha value is -0.0800. The van der Waals surface area contributed by atoms with Gasteiger partial charge in [0.15, 0.2) is 0 Å². The number of rotatable bonds is 3. The molecule has 1 saturated carbocycles. The number of aliphatic hydroxyl groups is 1. The fourth-order valence-electron chi connectivity index (χ4n) is 3.49. The van der Waals surface area contributed by atoms with E-state index in [0.29, 0.717) is 6.04 Å². The van der Waals surface area contributed by atoms with Crippen LogP contribution in [0.25, 0.3) is 0 Å². The van der Waals surface area contributed by atoms with Crippen LogP contribution in [0.3, 0.4) is 0 Å². The first-order chi connectivity index (χ1) is 7.22. The molecule has 1 aliphatic carbocycles. The second-order valence-electron chi connectivity index (χ2n) is 5.46. The van der Waals surface area contributed by atoms with Gasteiger partial charge in [0.2, 0.25) is 0 Å². The monoisotopic (exact) mass is 211 g/mol. The Bertz CT molecular complexity index is 207. The maximum Gasteiger partial charge on any atom is 0.0664 e. The number of aliphatic hydroxyl groups excluding tert-OH is 1. The lowest BCUT2D eigenvalue weighted by molar-refractivity contribution is 0.0708. The minimum atomic E-state index is -0.117. The van der Waals surface area contributed by atoms with Crippen LogP contribution in [0.4, 0.5) is 0 Å². The molecular formula is C13H25NO. The van der Waals surface area contributed by atoms with E-state index in [4.69, 9.17) is 0 Å². The van der Waals surface area contributed by atoms with Crippen LogP contribution in [-0.2, 0) is 0 Å². The first-order valence-electron chi connectivity index (χ1n) is 6.66. The lowest BCUT2D eigenvalue weighted by atomic mass is 9.85. The highest BCUT2D eigenvalue weighted by Crippen LogP contribution is 2.39. The van der Waals surface area contributed by atoms with Gasteiger partial charge in [-0.2, -0.15) is 0 Å². The molecule has 2 rings (SSSR count). The largest absolute Gasteiger partial charge is 0.392 e. The molecule has 0 aromatic heterocycles. The number of hydrogen-bond acceptors (Lipinski definition) is 2. The normalized spacial score (nSPS) is 39.0. The van der Waals surface area contributed by atoms with Gasteiger partial charge in [0.25, 0.3) is 0 Å². The van der Waals surface area contributed by atoms with Crippen molar-refractivity contribution in [2.24, 2.45) is 5.92 Å². The van der Waals surface area contributed by atoms with Crippen molar-refractivity contribution in [1.29, 1.82) is 0 Å². The summed E-state index contributed by atoms with van der Waals surface area (Å²) in [7, 11) is 0. The maximum absolute atomic E-state index is 9.78. The summed E-state index contributed by atoms with van der Waals surface area (Å²) in [5.74, 6) is 0.929. The van der Waals surface area contributed by atoms with E-state index in [0.717, 1.165) is 24.9 Å². The summed E-state index contributed by atoms with van der Waals surface area (Å²) in [6, 6.07) is 1.48. The van der Waals surface area contributed by atoms with Gasteiger partial charge >= 0.3 is 0 Å². The highest BCUT2D eigenvalue weighted by molar-refractivity contribution is 4.94. The molecule has 1 saturated heterocycles. The van der Waals surface area contributed by atoms with Gasteiger partial charge in [-0.25, -0.2) is 0 Å². The quantitative estimate of drug-likeness (QED) is 0.775. The van der Waals surface area contributed by atoms with Gasteiger partial charge in [-0.1, -0.05) is 19.8 Å². The lowest BCUT2D eigenvalue weighted by Crippen LogP contribution is -2.42. The molecule has 0 aromatic carbocycles. The van der Waals surface area contributed by atoms with Crippen molar-refractivity contribution in [2.75, 3.05) is 6.54 Å². The summed E-state index contributed by atoms with van der Waals surface area (Å²) in [5.41, 5.74) is 0. The second-order valence-corrected chi connectivity index (χ2v) is 5.46. The van der Waals surface area contributed by atoms with E-state index in [1.165, 1.54) is 32.1 Å². The molecule has 2 aliphatic rings. The molecule has 3 unspecified atom stereocenters. The average molecular weight is 211 g/mol. The van der Waals surface area contributed by atoms with Gasteiger partial charge in [-0.15, -0.1) is 0 Å². The first kappa shape index (κ1) is 11.4. The Morgan fingerprint density at radius 3 is 2.80 bits per heavy atom. The smallest absolute Gasteiger partial charge is 0.0664 e. The second kappa shape index (κ2) is 4.84. The topological polar surface area (TPSA) is 23.5 Å². The highest BCUT2D eigenvalue weighted by Gasteiger charge is 2.40. The summed E-state index contributed by atoms with van der Waals surface area (Å²) < 4.78 is 0. The van der Waals surface area contributed by atoms with Gasteiger partial charge in [0.05, 0.1) is 6.10 Å². The van der Waals surface area contributed by atoms with Crippen LogP contribution < -0.4 is 0 Å². The molecule has 0 radical (unpaired) electrons. The van der Waals surface area contributed by atoms with Gasteiger partial charge < -0.3 is 5.11 Å². The number of β-amino-alcohol motifs (C(OH)–C–C–N with tert-alkyl or cyclic N) is 1. The van der Waals surface area contributed by atoms with Crippen molar-refractivity contribution in [3.8, 4) is 0 Å². The summed E-state index contributed by atoms with van der Waals surface area (Å²) in [6.45, 7) is 5.31. The number of hydrogen-bond donors (Lipinski definition) is 1. The van der Waals surface area contributed by atoms with E-state index < -0.39 is 0 Å². The van der Waals surface area contributed by atoms with Crippen LogP contribution in [0.5, 0.6) is 0 Å². The molecule has 2 heteroatoms. The molecule has 88 valence electrons. The van der Waals surface area contributed by atoms with Crippen molar-refractivity contribution in [3.63, 3.8) is 0 Å². The molecule has 2 nitrogen and oxygen atoms in total. The standard InChI is InChI=1S/C13H25NO/c1-3-12(15)9-14-10(2)8-11-6-4-5-7-13(11)14/h10-13,15H,3-9H2,1-2H3/t10?,11?,12-,13?/m1/s1. The fraction of sp³-hybridized carbons (Fsp3) is 1.00. The van der Waals surface area contributed by atoms with Gasteiger partial charge in [0, 0.05) is 18.6 Å². The number of nitrogens with zero attached hydrogens (tertiary/aromatic N) is 1. The molecule has 0 aromatic rings. The van der Waals surface area contributed by atoms with Crippen LogP contribution >= 0.6 is 0 Å². The molecule has 0 bridgehead atoms. The predicted molar refractivity (Wildman–Crippen MR) is 62.8 cm³/mol. The van der Waals surface area contributed by atoms with Crippen LogP contribution in [0.2, 0.25) is 0 Å². The Balaban J connectivity index is 1.96. The minimum absolute atomic E-state index is 0.117. The molecule has 0 amide bonds. The molecule has 1 aliphatic heterocycles. The van der Waals surface area contributed by atoms with Crippen molar-refractivity contribution in [2.45, 2.75) is 70.6 Å². The summed E-state index contributed by atoms with van der Waals surface area (Å²) in [5, 5.41) is 9.78. The van der Waals surface area contributed by atoms with Crippen LogP contribution in [0.15, 0.2) is 0 Å². The SMILES string of the molecule is CC[C@@H](O)CN1C(C)CC2CCCCC21. The molecule has 4 atom stereocenters. The molecular weight excluding hydrogens is 186 g/mol. The third-order valence-corrected chi connectivity index (χ3v) is 4.40. The lowest BCUT2D eigenvalue weighted by Gasteiger charge is -2.34. The average Bonchev–Trinajstić information content (AvgIpc) is 2.55. The van der Waals surface area contributed by atoms with Gasteiger partial charge in [-0.05, 0) is 38.5 Å². The maximum atomic E-state index is 9.78. The van der Waals surface area contributed by atoms with Crippen LogP contribution in [-0.4, -0.2) is 34.7 Å². The molecule has 0 spiro atoms. The predicted octanol–water partition coefficient (Wildman–Crippen LogP) is 2.41. The summed E-state index contributed by atoms with van der Waals surface area (Å²) in [6.07, 6.45) is 7.75. The number of fused-ring (bicyclic) bond motifs is 1. The Kier molecular flexibility index (Phi) is 3.68. The Morgan fingerprint density at radius 2 is 2.07 bits per heavy atom. The van der Waals surface area contributed by atoms with E-state index in [9.17, 15) is 5.11 Å². The zero-order valence-electron chi connectivity index (χ0n) is 10.2. The van der Waals surface area contributed by atoms with E-state index in [1.54, 1.807) is 0 Å².